The molecule has 0 atom stereocenters. The molecule has 92 valence electrons. The number of carboxylic acid groups (broad SMARTS) is 1. The number of carbonyl (C=O) groups is 2. The number of anilines is 1. The van der Waals surface area contributed by atoms with Gasteiger partial charge in [0.25, 0.3) is 0 Å². The lowest BCUT2D eigenvalue weighted by Gasteiger charge is -2.09. The van der Waals surface area contributed by atoms with Crippen LogP contribution in [0.2, 0.25) is 0 Å². The molecular formula is C12H14FNO3. The quantitative estimate of drug-likeness (QED) is 0.827. The van der Waals surface area contributed by atoms with Gasteiger partial charge in [-0.1, -0.05) is 6.07 Å². The largest absolute Gasteiger partial charge is 0.481 e. The number of amides is 1. The van der Waals surface area contributed by atoms with Gasteiger partial charge in [0, 0.05) is 19.0 Å². The molecule has 4 nitrogen and oxygen atoms in total. The molecule has 0 unspecified atom stereocenters. The monoisotopic (exact) mass is 239 g/mol. The zero-order valence-corrected chi connectivity index (χ0v) is 9.50. The Kier molecular flexibility index (Phi) is 4.63. The summed E-state index contributed by atoms with van der Waals surface area (Å²) in [5.74, 6) is -1.58. The minimum absolute atomic E-state index is 0.0525. The molecular weight excluding hydrogens is 225 g/mol. The fraction of sp³-hybridized carbons (Fsp3) is 0.333. The molecule has 0 spiro atoms. The minimum atomic E-state index is -0.867. The van der Waals surface area contributed by atoms with Gasteiger partial charge in [0.2, 0.25) is 5.91 Å². The lowest BCUT2D eigenvalue weighted by atomic mass is 10.1. The van der Waals surface area contributed by atoms with E-state index < -0.39 is 11.8 Å². The summed E-state index contributed by atoms with van der Waals surface area (Å²) in [6, 6.07) is 4.08. The molecule has 1 aromatic carbocycles. The van der Waals surface area contributed by atoms with Gasteiger partial charge in [-0.05, 0) is 30.5 Å². The van der Waals surface area contributed by atoms with Crippen molar-refractivity contribution in [1.82, 2.24) is 0 Å². The van der Waals surface area contributed by atoms with E-state index >= 15 is 0 Å². The van der Waals surface area contributed by atoms with E-state index in [0.29, 0.717) is 18.5 Å². The van der Waals surface area contributed by atoms with Crippen LogP contribution in [0.25, 0.3) is 0 Å². The molecule has 1 rings (SSSR count). The van der Waals surface area contributed by atoms with Gasteiger partial charge in [0.1, 0.15) is 5.82 Å². The van der Waals surface area contributed by atoms with Crippen molar-refractivity contribution in [3.05, 3.63) is 29.6 Å². The first kappa shape index (κ1) is 13.2. The number of carbonyl (C=O) groups excluding carboxylic acids is 1. The van der Waals surface area contributed by atoms with Crippen LogP contribution in [0.15, 0.2) is 18.2 Å². The van der Waals surface area contributed by atoms with E-state index in [9.17, 15) is 14.0 Å². The highest BCUT2D eigenvalue weighted by Crippen LogP contribution is 2.19. The third-order valence-electron chi connectivity index (χ3n) is 2.22. The van der Waals surface area contributed by atoms with Crippen LogP contribution in [-0.2, 0) is 16.0 Å². The second-order valence-corrected chi connectivity index (χ2v) is 3.73. The van der Waals surface area contributed by atoms with Crippen LogP contribution < -0.4 is 5.32 Å². The number of hydrogen-bond acceptors (Lipinski definition) is 2. The summed E-state index contributed by atoms with van der Waals surface area (Å²) in [5.41, 5.74) is 1.14. The van der Waals surface area contributed by atoms with Gasteiger partial charge in [0.15, 0.2) is 0 Å². The van der Waals surface area contributed by atoms with Crippen molar-refractivity contribution in [2.24, 2.45) is 0 Å². The third kappa shape index (κ3) is 4.63. The molecule has 0 saturated carbocycles. The maximum absolute atomic E-state index is 13.0. The molecule has 0 fully saturated rings. The zero-order chi connectivity index (χ0) is 12.8. The number of carboxylic acids is 1. The van der Waals surface area contributed by atoms with Crippen molar-refractivity contribution in [3.8, 4) is 0 Å². The van der Waals surface area contributed by atoms with E-state index in [1.165, 1.54) is 19.1 Å². The summed E-state index contributed by atoms with van der Waals surface area (Å²) in [4.78, 5) is 21.3. The van der Waals surface area contributed by atoms with Gasteiger partial charge in [-0.15, -0.1) is 0 Å². The number of rotatable bonds is 5. The van der Waals surface area contributed by atoms with Gasteiger partial charge in [-0.2, -0.15) is 0 Å². The zero-order valence-electron chi connectivity index (χ0n) is 9.50. The molecule has 17 heavy (non-hydrogen) atoms. The number of aryl methyl sites for hydroxylation is 1. The van der Waals surface area contributed by atoms with E-state index in [2.05, 4.69) is 5.32 Å². The van der Waals surface area contributed by atoms with Crippen molar-refractivity contribution in [1.29, 1.82) is 0 Å². The lowest BCUT2D eigenvalue weighted by molar-refractivity contribution is -0.137. The Morgan fingerprint density at radius 1 is 1.41 bits per heavy atom. The van der Waals surface area contributed by atoms with E-state index in [0.717, 1.165) is 5.56 Å². The fourth-order valence-corrected chi connectivity index (χ4v) is 1.50. The molecule has 2 N–H and O–H groups in total. The van der Waals surface area contributed by atoms with Crippen molar-refractivity contribution in [2.45, 2.75) is 26.2 Å². The van der Waals surface area contributed by atoms with Crippen molar-refractivity contribution in [3.63, 3.8) is 0 Å². The highest BCUT2D eigenvalue weighted by molar-refractivity contribution is 5.89. The predicted octanol–water partition coefficient (Wildman–Crippen LogP) is 2.19. The van der Waals surface area contributed by atoms with E-state index in [1.54, 1.807) is 6.07 Å². The molecule has 1 amide bonds. The first-order valence-corrected chi connectivity index (χ1v) is 5.27. The van der Waals surface area contributed by atoms with E-state index in [-0.39, 0.29) is 12.3 Å². The molecule has 0 aliphatic heterocycles. The van der Waals surface area contributed by atoms with Gasteiger partial charge in [-0.3, -0.25) is 9.59 Å². The molecule has 0 aromatic heterocycles. The highest BCUT2D eigenvalue weighted by atomic mass is 19.1. The average Bonchev–Trinajstić information content (AvgIpc) is 2.20. The molecule has 5 heteroatoms. The number of hydrogen-bond donors (Lipinski definition) is 2. The molecule has 1 aromatic rings. The molecule has 0 heterocycles. The second-order valence-electron chi connectivity index (χ2n) is 3.73. The summed E-state index contributed by atoms with van der Waals surface area (Å²) in [5, 5.41) is 11.0. The summed E-state index contributed by atoms with van der Waals surface area (Å²) in [6.07, 6.45) is 0.993. The van der Waals surface area contributed by atoms with Crippen LogP contribution in [0.1, 0.15) is 25.3 Å². The SMILES string of the molecule is CC(=O)Nc1cc(F)ccc1CCCC(=O)O. The van der Waals surface area contributed by atoms with Crippen LogP contribution in [0.4, 0.5) is 10.1 Å². The molecule has 0 aliphatic rings. The Morgan fingerprint density at radius 2 is 2.12 bits per heavy atom. The highest BCUT2D eigenvalue weighted by Gasteiger charge is 2.06. The fourth-order valence-electron chi connectivity index (χ4n) is 1.50. The topological polar surface area (TPSA) is 66.4 Å². The van der Waals surface area contributed by atoms with Crippen molar-refractivity contribution >= 4 is 17.6 Å². The predicted molar refractivity (Wildman–Crippen MR) is 61.3 cm³/mol. The van der Waals surface area contributed by atoms with Crippen molar-refractivity contribution in [2.75, 3.05) is 5.32 Å². The van der Waals surface area contributed by atoms with Crippen LogP contribution in [0.5, 0.6) is 0 Å². The van der Waals surface area contributed by atoms with Gasteiger partial charge in [0.05, 0.1) is 0 Å². The minimum Gasteiger partial charge on any atom is -0.481 e. The Labute approximate surface area is 98.5 Å². The molecule has 0 saturated heterocycles. The second kappa shape index (κ2) is 5.98. The first-order valence-electron chi connectivity index (χ1n) is 5.27. The Bertz CT molecular complexity index is 432. The Balaban J connectivity index is 2.75. The van der Waals surface area contributed by atoms with Crippen LogP contribution in [-0.4, -0.2) is 17.0 Å². The normalized spacial score (nSPS) is 10.0. The van der Waals surface area contributed by atoms with E-state index in [4.69, 9.17) is 5.11 Å². The molecule has 0 radical (unpaired) electrons. The van der Waals surface area contributed by atoms with Crippen LogP contribution >= 0.6 is 0 Å². The lowest BCUT2D eigenvalue weighted by Crippen LogP contribution is -2.09. The summed E-state index contributed by atoms with van der Waals surface area (Å²) in [7, 11) is 0. The third-order valence-corrected chi connectivity index (χ3v) is 2.22. The summed E-state index contributed by atoms with van der Waals surface area (Å²) < 4.78 is 13.0. The van der Waals surface area contributed by atoms with Gasteiger partial charge < -0.3 is 10.4 Å². The Morgan fingerprint density at radius 3 is 2.71 bits per heavy atom. The van der Waals surface area contributed by atoms with E-state index in [1.807, 2.05) is 0 Å². The number of aliphatic carboxylic acids is 1. The van der Waals surface area contributed by atoms with Crippen molar-refractivity contribution < 1.29 is 19.1 Å². The Hall–Kier alpha value is -1.91. The smallest absolute Gasteiger partial charge is 0.303 e. The van der Waals surface area contributed by atoms with Crippen LogP contribution in [0, 0.1) is 5.82 Å². The number of halogens is 1. The average molecular weight is 239 g/mol. The summed E-state index contributed by atoms with van der Waals surface area (Å²) in [6.45, 7) is 1.34. The van der Waals surface area contributed by atoms with Gasteiger partial charge in [-0.25, -0.2) is 4.39 Å². The maximum atomic E-state index is 13.0. The van der Waals surface area contributed by atoms with Crippen LogP contribution in [0.3, 0.4) is 0 Å². The number of nitrogens with one attached hydrogen (secondary N) is 1. The summed E-state index contributed by atoms with van der Waals surface area (Å²) >= 11 is 0. The number of benzene rings is 1. The molecule has 0 aliphatic carbocycles. The maximum Gasteiger partial charge on any atom is 0.303 e. The molecule has 0 bridgehead atoms. The standard InChI is InChI=1S/C12H14FNO3/c1-8(15)14-11-7-10(13)6-5-9(11)3-2-4-12(16)17/h5-7H,2-4H2,1H3,(H,14,15)(H,16,17). The van der Waals surface area contributed by atoms with Gasteiger partial charge >= 0.3 is 5.97 Å². The first-order chi connectivity index (χ1) is 7.99.